The molecule has 0 aliphatic heterocycles. The maximum atomic E-state index is 13.7. The van der Waals surface area contributed by atoms with Crippen LogP contribution in [0, 0.1) is 22.9 Å². The minimum absolute atomic E-state index is 0.0783. The summed E-state index contributed by atoms with van der Waals surface area (Å²) in [5.41, 5.74) is -1.57. The highest BCUT2D eigenvalue weighted by Crippen LogP contribution is 2.30. The van der Waals surface area contributed by atoms with Gasteiger partial charge in [-0.05, 0) is 38.8 Å². The van der Waals surface area contributed by atoms with Crippen LogP contribution in [0.5, 0.6) is 0 Å². The normalized spacial score (nSPS) is 12.7. The van der Waals surface area contributed by atoms with E-state index in [2.05, 4.69) is 0 Å². The van der Waals surface area contributed by atoms with Gasteiger partial charge >= 0.3 is 5.69 Å². The summed E-state index contributed by atoms with van der Waals surface area (Å²) in [4.78, 5) is 9.63. The highest BCUT2D eigenvalue weighted by Gasteiger charge is 2.34. The van der Waals surface area contributed by atoms with Gasteiger partial charge in [-0.2, -0.15) is 8.70 Å². The maximum Gasteiger partial charge on any atom is 0.306 e. The smallest absolute Gasteiger partial charge is 0.258 e. The Bertz CT molecular complexity index is 671. The molecular formula is C13H19FN2O4S. The Kier molecular flexibility index (Phi) is 4.74. The van der Waals surface area contributed by atoms with Crippen LogP contribution in [-0.2, 0) is 10.0 Å². The lowest BCUT2D eigenvalue weighted by Gasteiger charge is -2.33. The van der Waals surface area contributed by atoms with E-state index in [1.807, 2.05) is 6.92 Å². The van der Waals surface area contributed by atoms with Gasteiger partial charge in [-0.25, -0.2) is 8.42 Å². The fraction of sp³-hybridized carbons (Fsp3) is 0.538. The van der Waals surface area contributed by atoms with Crippen molar-refractivity contribution in [1.82, 2.24) is 4.31 Å². The molecule has 1 aromatic carbocycles. The van der Waals surface area contributed by atoms with Crippen LogP contribution in [0.3, 0.4) is 0 Å². The molecule has 21 heavy (non-hydrogen) atoms. The van der Waals surface area contributed by atoms with Crippen molar-refractivity contribution in [2.24, 2.45) is 0 Å². The fourth-order valence-corrected chi connectivity index (χ4v) is 3.39. The molecule has 0 spiro atoms. The second-order valence-electron chi connectivity index (χ2n) is 5.47. The number of rotatable bonds is 5. The summed E-state index contributed by atoms with van der Waals surface area (Å²) in [5, 5.41) is 10.8. The molecule has 0 aliphatic rings. The number of sulfonamides is 1. The largest absolute Gasteiger partial charge is 0.306 e. The molecule has 0 aliphatic carbocycles. The highest BCUT2D eigenvalue weighted by atomic mass is 32.2. The average molecular weight is 318 g/mol. The maximum absolute atomic E-state index is 13.7. The lowest BCUT2D eigenvalue weighted by molar-refractivity contribution is -0.387. The van der Waals surface area contributed by atoms with Gasteiger partial charge in [-0.15, -0.1) is 0 Å². The van der Waals surface area contributed by atoms with Crippen LogP contribution in [0.4, 0.5) is 10.1 Å². The van der Waals surface area contributed by atoms with E-state index in [0.717, 1.165) is 16.4 Å². The first-order chi connectivity index (χ1) is 9.45. The molecule has 0 fully saturated rings. The zero-order chi connectivity index (χ0) is 16.6. The van der Waals surface area contributed by atoms with Crippen LogP contribution in [0.15, 0.2) is 17.0 Å². The minimum atomic E-state index is -3.94. The number of halogens is 1. The number of nitrogens with zero attached hydrogens (tertiary/aromatic N) is 2. The number of nitro benzene ring substituents is 1. The Morgan fingerprint density at radius 1 is 1.38 bits per heavy atom. The summed E-state index contributed by atoms with van der Waals surface area (Å²) in [6, 6.07) is 1.87. The van der Waals surface area contributed by atoms with E-state index in [9.17, 15) is 22.9 Å². The van der Waals surface area contributed by atoms with Gasteiger partial charge in [0.25, 0.3) is 0 Å². The fourth-order valence-electron chi connectivity index (χ4n) is 1.71. The number of nitro groups is 1. The molecule has 6 nitrogen and oxygen atoms in total. The zero-order valence-corrected chi connectivity index (χ0v) is 13.5. The monoisotopic (exact) mass is 318 g/mol. The van der Waals surface area contributed by atoms with Gasteiger partial charge < -0.3 is 0 Å². The molecule has 0 atom stereocenters. The molecule has 0 radical (unpaired) electrons. The number of hydrogen-bond donors (Lipinski definition) is 0. The van der Waals surface area contributed by atoms with E-state index in [1.54, 1.807) is 13.8 Å². The minimum Gasteiger partial charge on any atom is -0.258 e. The molecule has 1 aromatic rings. The van der Waals surface area contributed by atoms with E-state index >= 15 is 0 Å². The van der Waals surface area contributed by atoms with E-state index < -0.39 is 32.0 Å². The molecule has 0 unspecified atom stereocenters. The van der Waals surface area contributed by atoms with E-state index in [1.165, 1.54) is 14.0 Å². The van der Waals surface area contributed by atoms with Crippen molar-refractivity contribution in [2.75, 3.05) is 7.05 Å². The van der Waals surface area contributed by atoms with E-state index in [0.29, 0.717) is 6.42 Å². The molecule has 0 amide bonds. The third kappa shape index (κ3) is 3.21. The van der Waals surface area contributed by atoms with Crippen molar-refractivity contribution in [3.8, 4) is 0 Å². The molecule has 8 heteroatoms. The summed E-state index contributed by atoms with van der Waals surface area (Å²) < 4.78 is 39.9. The van der Waals surface area contributed by atoms with Gasteiger partial charge in [-0.1, -0.05) is 6.92 Å². The predicted octanol–water partition coefficient (Wildman–Crippen LogP) is 2.85. The van der Waals surface area contributed by atoms with Crippen LogP contribution in [0.2, 0.25) is 0 Å². The van der Waals surface area contributed by atoms with Gasteiger partial charge in [-0.3, -0.25) is 10.1 Å². The van der Waals surface area contributed by atoms with Crippen molar-refractivity contribution in [2.45, 2.75) is 44.6 Å². The Labute approximate surface area is 123 Å². The Hall–Kier alpha value is -1.54. The number of hydrogen-bond acceptors (Lipinski definition) is 4. The summed E-state index contributed by atoms with van der Waals surface area (Å²) in [6.07, 6.45) is 0.561. The summed E-state index contributed by atoms with van der Waals surface area (Å²) in [7, 11) is -2.54. The average Bonchev–Trinajstić information content (AvgIpc) is 2.40. The summed E-state index contributed by atoms with van der Waals surface area (Å²) in [5.74, 6) is -1.02. The molecule has 0 saturated heterocycles. The Balaban J connectivity index is 3.50. The predicted molar refractivity (Wildman–Crippen MR) is 77.1 cm³/mol. The molecule has 0 heterocycles. The van der Waals surface area contributed by atoms with Crippen LogP contribution >= 0.6 is 0 Å². The van der Waals surface area contributed by atoms with Gasteiger partial charge in [0.05, 0.1) is 9.82 Å². The van der Waals surface area contributed by atoms with Gasteiger partial charge in [0, 0.05) is 18.7 Å². The van der Waals surface area contributed by atoms with Crippen molar-refractivity contribution < 1.29 is 17.7 Å². The van der Waals surface area contributed by atoms with E-state index in [-0.39, 0.29) is 10.5 Å². The lowest BCUT2D eigenvalue weighted by Crippen LogP contribution is -2.44. The third-order valence-electron chi connectivity index (χ3n) is 3.78. The second-order valence-corrected chi connectivity index (χ2v) is 7.44. The quantitative estimate of drug-likeness (QED) is 0.617. The first-order valence-electron chi connectivity index (χ1n) is 6.38. The van der Waals surface area contributed by atoms with E-state index in [4.69, 9.17) is 0 Å². The summed E-state index contributed by atoms with van der Waals surface area (Å²) >= 11 is 0. The van der Waals surface area contributed by atoms with Gasteiger partial charge in [0.2, 0.25) is 15.8 Å². The highest BCUT2D eigenvalue weighted by molar-refractivity contribution is 7.89. The standard InChI is InChI=1S/C13H19FN2O4S/c1-6-13(3,4)15(5)21(19,20)10-7-9(2)12(14)11(8-10)16(17)18/h7-8H,6H2,1-5H3. The molecular weight excluding hydrogens is 299 g/mol. The second kappa shape index (κ2) is 5.69. The topological polar surface area (TPSA) is 80.5 Å². The van der Waals surface area contributed by atoms with Crippen LogP contribution in [-0.4, -0.2) is 30.2 Å². The lowest BCUT2D eigenvalue weighted by atomic mass is 10.0. The van der Waals surface area contributed by atoms with Crippen molar-refractivity contribution >= 4 is 15.7 Å². The molecule has 0 aromatic heterocycles. The molecule has 118 valence electrons. The zero-order valence-electron chi connectivity index (χ0n) is 12.7. The van der Waals surface area contributed by atoms with Crippen LogP contribution in [0.25, 0.3) is 0 Å². The summed E-state index contributed by atoms with van der Waals surface area (Å²) in [6.45, 7) is 6.63. The molecule has 0 N–H and O–H groups in total. The van der Waals surface area contributed by atoms with Crippen molar-refractivity contribution in [1.29, 1.82) is 0 Å². The number of aryl methyl sites for hydroxylation is 1. The van der Waals surface area contributed by atoms with Crippen molar-refractivity contribution in [3.63, 3.8) is 0 Å². The Morgan fingerprint density at radius 3 is 2.33 bits per heavy atom. The van der Waals surface area contributed by atoms with Crippen LogP contribution < -0.4 is 0 Å². The Morgan fingerprint density at radius 2 is 1.90 bits per heavy atom. The number of benzene rings is 1. The molecule has 0 bridgehead atoms. The van der Waals surface area contributed by atoms with Crippen LogP contribution in [0.1, 0.15) is 32.8 Å². The van der Waals surface area contributed by atoms with Gasteiger partial charge in [0.15, 0.2) is 0 Å². The van der Waals surface area contributed by atoms with Crippen molar-refractivity contribution in [3.05, 3.63) is 33.6 Å². The molecule has 0 saturated carbocycles. The molecule has 1 rings (SSSR count). The third-order valence-corrected chi connectivity index (χ3v) is 5.83. The first kappa shape index (κ1) is 17.5. The van der Waals surface area contributed by atoms with Gasteiger partial charge in [0.1, 0.15) is 0 Å². The first-order valence-corrected chi connectivity index (χ1v) is 7.82. The SMILES string of the molecule is CCC(C)(C)N(C)S(=O)(=O)c1cc(C)c(F)c([N+](=O)[O-])c1.